The molecule has 1 amide bonds. The van der Waals surface area contributed by atoms with Crippen molar-refractivity contribution in [3.63, 3.8) is 0 Å². The van der Waals surface area contributed by atoms with Crippen LogP contribution in [0.4, 0.5) is 0 Å². The summed E-state index contributed by atoms with van der Waals surface area (Å²) in [7, 11) is 1.95. The molecular weight excluding hydrogens is 240 g/mol. The monoisotopic (exact) mass is 266 g/mol. The summed E-state index contributed by atoms with van der Waals surface area (Å²) in [5.74, 6) is 0.991. The highest BCUT2D eigenvalue weighted by Crippen LogP contribution is 2.20. The van der Waals surface area contributed by atoms with Crippen molar-refractivity contribution in [1.82, 2.24) is 14.9 Å². The Labute approximate surface area is 115 Å². The lowest BCUT2D eigenvalue weighted by Crippen LogP contribution is -2.35. The first-order valence-electron chi connectivity index (χ1n) is 6.76. The summed E-state index contributed by atoms with van der Waals surface area (Å²) in [6.07, 6.45) is 5.63. The Morgan fingerprint density at radius 1 is 1.53 bits per heavy atom. The number of aryl methyl sites for hydroxylation is 1. The minimum Gasteiger partial charge on any atom is -0.356 e. The Kier molecular flexibility index (Phi) is 5.54. The highest BCUT2D eigenvalue weighted by molar-refractivity contribution is 5.76. The molecule has 5 heteroatoms. The van der Waals surface area contributed by atoms with Gasteiger partial charge in [-0.3, -0.25) is 4.79 Å². The van der Waals surface area contributed by atoms with Gasteiger partial charge in [0.1, 0.15) is 5.82 Å². The van der Waals surface area contributed by atoms with Gasteiger partial charge in [-0.05, 0) is 11.8 Å². The molecule has 1 unspecified atom stereocenters. The van der Waals surface area contributed by atoms with Gasteiger partial charge in [0.25, 0.3) is 0 Å². The Morgan fingerprint density at radius 3 is 2.74 bits per heavy atom. The van der Waals surface area contributed by atoms with Crippen LogP contribution in [0.2, 0.25) is 0 Å². The molecule has 19 heavy (non-hydrogen) atoms. The SMILES string of the molecule is Cn1ccnc1CCNC(=O)CC(N)CC(C)(C)C. The van der Waals surface area contributed by atoms with Crippen LogP contribution in [0.1, 0.15) is 39.4 Å². The molecule has 1 aromatic rings. The number of nitrogens with two attached hydrogens (primary N) is 1. The molecule has 1 aromatic heterocycles. The van der Waals surface area contributed by atoms with E-state index in [1.54, 1.807) is 6.20 Å². The van der Waals surface area contributed by atoms with Gasteiger partial charge in [0.15, 0.2) is 0 Å². The predicted molar refractivity (Wildman–Crippen MR) is 76.6 cm³/mol. The Hall–Kier alpha value is -1.36. The summed E-state index contributed by atoms with van der Waals surface area (Å²) in [5.41, 5.74) is 6.13. The van der Waals surface area contributed by atoms with Crippen molar-refractivity contribution in [3.05, 3.63) is 18.2 Å². The van der Waals surface area contributed by atoms with Crippen LogP contribution in [-0.2, 0) is 18.3 Å². The molecule has 0 radical (unpaired) electrons. The Balaban J connectivity index is 2.23. The molecule has 5 nitrogen and oxygen atoms in total. The minimum absolute atomic E-state index is 0.0194. The molecule has 0 aliphatic rings. The second-order valence-corrected chi connectivity index (χ2v) is 6.28. The lowest BCUT2D eigenvalue weighted by atomic mass is 9.87. The van der Waals surface area contributed by atoms with Gasteiger partial charge in [-0.1, -0.05) is 20.8 Å². The molecule has 0 fully saturated rings. The number of aromatic nitrogens is 2. The molecule has 0 aliphatic carbocycles. The normalized spacial score (nSPS) is 13.3. The van der Waals surface area contributed by atoms with E-state index in [1.165, 1.54) is 0 Å². The molecule has 0 spiro atoms. The van der Waals surface area contributed by atoms with E-state index in [9.17, 15) is 4.79 Å². The van der Waals surface area contributed by atoms with E-state index in [1.807, 2.05) is 17.8 Å². The van der Waals surface area contributed by atoms with Crippen LogP contribution >= 0.6 is 0 Å². The quantitative estimate of drug-likeness (QED) is 0.813. The summed E-state index contributed by atoms with van der Waals surface area (Å²) in [6, 6.07) is -0.0758. The van der Waals surface area contributed by atoms with Gasteiger partial charge in [0.2, 0.25) is 5.91 Å². The fraction of sp³-hybridized carbons (Fsp3) is 0.714. The summed E-state index contributed by atoms with van der Waals surface area (Å²) in [4.78, 5) is 15.9. The molecule has 1 rings (SSSR count). The van der Waals surface area contributed by atoms with Gasteiger partial charge in [-0.15, -0.1) is 0 Å². The van der Waals surface area contributed by atoms with E-state index in [2.05, 4.69) is 31.1 Å². The van der Waals surface area contributed by atoms with Crippen LogP contribution in [0.15, 0.2) is 12.4 Å². The second kappa shape index (κ2) is 6.70. The second-order valence-electron chi connectivity index (χ2n) is 6.28. The van der Waals surface area contributed by atoms with Crippen LogP contribution in [0.25, 0.3) is 0 Å². The van der Waals surface area contributed by atoms with E-state index in [0.29, 0.717) is 13.0 Å². The van der Waals surface area contributed by atoms with Gasteiger partial charge in [-0.2, -0.15) is 0 Å². The zero-order valence-corrected chi connectivity index (χ0v) is 12.4. The highest BCUT2D eigenvalue weighted by Gasteiger charge is 2.17. The average Bonchev–Trinajstić information content (AvgIpc) is 2.61. The standard InChI is InChI=1S/C14H26N4O/c1-14(2,3)10-11(15)9-13(19)17-6-5-12-16-7-8-18(12)4/h7-8,11H,5-6,9-10,15H2,1-4H3,(H,17,19). The summed E-state index contributed by atoms with van der Waals surface area (Å²) >= 11 is 0. The van der Waals surface area contributed by atoms with Crippen molar-refractivity contribution >= 4 is 5.91 Å². The summed E-state index contributed by atoms with van der Waals surface area (Å²) in [6.45, 7) is 7.00. The van der Waals surface area contributed by atoms with E-state index in [4.69, 9.17) is 5.73 Å². The third kappa shape index (κ3) is 6.38. The third-order valence-corrected chi connectivity index (χ3v) is 2.91. The van der Waals surface area contributed by atoms with Gasteiger partial charge in [0, 0.05) is 44.9 Å². The molecule has 0 aliphatic heterocycles. The van der Waals surface area contributed by atoms with E-state index in [0.717, 1.165) is 18.7 Å². The largest absolute Gasteiger partial charge is 0.356 e. The lowest BCUT2D eigenvalue weighted by Gasteiger charge is -2.22. The van der Waals surface area contributed by atoms with Crippen molar-refractivity contribution in [2.75, 3.05) is 6.54 Å². The van der Waals surface area contributed by atoms with Crippen LogP contribution in [-0.4, -0.2) is 28.0 Å². The highest BCUT2D eigenvalue weighted by atomic mass is 16.1. The fourth-order valence-electron chi connectivity index (χ4n) is 2.12. The first-order valence-corrected chi connectivity index (χ1v) is 6.76. The maximum absolute atomic E-state index is 11.7. The average molecular weight is 266 g/mol. The van der Waals surface area contributed by atoms with Gasteiger partial charge < -0.3 is 15.6 Å². The zero-order chi connectivity index (χ0) is 14.5. The lowest BCUT2D eigenvalue weighted by molar-refractivity contribution is -0.121. The first-order chi connectivity index (χ1) is 8.78. The smallest absolute Gasteiger partial charge is 0.221 e. The Morgan fingerprint density at radius 2 is 2.21 bits per heavy atom. The summed E-state index contributed by atoms with van der Waals surface area (Å²) < 4.78 is 1.96. The molecular formula is C14H26N4O. The number of nitrogens with zero attached hydrogens (tertiary/aromatic N) is 2. The first kappa shape index (κ1) is 15.7. The van der Waals surface area contributed by atoms with Crippen LogP contribution in [0, 0.1) is 5.41 Å². The third-order valence-electron chi connectivity index (χ3n) is 2.91. The van der Waals surface area contributed by atoms with E-state index >= 15 is 0 Å². The molecule has 1 atom stereocenters. The molecule has 1 heterocycles. The fourth-order valence-corrected chi connectivity index (χ4v) is 2.12. The molecule has 0 saturated heterocycles. The van der Waals surface area contributed by atoms with Crippen molar-refractivity contribution in [3.8, 4) is 0 Å². The number of rotatable bonds is 6. The molecule has 0 saturated carbocycles. The predicted octanol–water partition coefficient (Wildman–Crippen LogP) is 1.23. The van der Waals surface area contributed by atoms with Crippen LogP contribution < -0.4 is 11.1 Å². The topological polar surface area (TPSA) is 72.9 Å². The number of nitrogens with one attached hydrogen (secondary N) is 1. The van der Waals surface area contributed by atoms with E-state index < -0.39 is 0 Å². The van der Waals surface area contributed by atoms with Gasteiger partial charge in [-0.25, -0.2) is 4.98 Å². The van der Waals surface area contributed by atoms with Crippen molar-refractivity contribution < 1.29 is 4.79 Å². The number of imidazole rings is 1. The number of carbonyl (C=O) groups is 1. The van der Waals surface area contributed by atoms with Crippen molar-refractivity contribution in [2.24, 2.45) is 18.2 Å². The minimum atomic E-state index is -0.0758. The Bertz CT molecular complexity index is 406. The number of hydrogen-bond acceptors (Lipinski definition) is 3. The van der Waals surface area contributed by atoms with Crippen LogP contribution in [0.5, 0.6) is 0 Å². The molecule has 0 bridgehead atoms. The van der Waals surface area contributed by atoms with E-state index in [-0.39, 0.29) is 17.4 Å². The maximum Gasteiger partial charge on any atom is 0.221 e. The van der Waals surface area contributed by atoms with Crippen LogP contribution in [0.3, 0.4) is 0 Å². The molecule has 3 N–H and O–H groups in total. The molecule has 0 aromatic carbocycles. The number of carbonyl (C=O) groups excluding carboxylic acids is 1. The van der Waals surface area contributed by atoms with Crippen molar-refractivity contribution in [1.29, 1.82) is 0 Å². The summed E-state index contributed by atoms with van der Waals surface area (Å²) in [5, 5.41) is 2.89. The number of hydrogen-bond donors (Lipinski definition) is 2. The number of amides is 1. The zero-order valence-electron chi connectivity index (χ0n) is 12.4. The molecule has 108 valence electrons. The van der Waals surface area contributed by atoms with Gasteiger partial charge >= 0.3 is 0 Å². The maximum atomic E-state index is 11.7. The van der Waals surface area contributed by atoms with Gasteiger partial charge in [0.05, 0.1) is 0 Å². The van der Waals surface area contributed by atoms with Crippen molar-refractivity contribution in [2.45, 2.75) is 46.1 Å².